The number of thioether (sulfide) groups is 1. The molecule has 2 rings (SSSR count). The topological polar surface area (TPSA) is 72.2 Å². The largest absolute Gasteiger partial charge is 0.481 e. The maximum absolute atomic E-state index is 12.1. The van der Waals surface area contributed by atoms with Crippen molar-refractivity contribution in [1.29, 1.82) is 0 Å². The number of carboxylic acid groups (broad SMARTS) is 1. The van der Waals surface area contributed by atoms with Crippen molar-refractivity contribution in [2.75, 3.05) is 5.75 Å². The van der Waals surface area contributed by atoms with E-state index in [2.05, 4.69) is 4.98 Å². The molecule has 0 radical (unpaired) electrons. The zero-order chi connectivity index (χ0) is 14.0. The Morgan fingerprint density at radius 3 is 2.79 bits per heavy atom. The van der Waals surface area contributed by atoms with Crippen LogP contribution in [0.2, 0.25) is 0 Å². The van der Waals surface area contributed by atoms with Crippen LogP contribution in [0.4, 0.5) is 0 Å². The molecule has 1 fully saturated rings. The van der Waals surface area contributed by atoms with Crippen molar-refractivity contribution in [3.8, 4) is 0 Å². The van der Waals surface area contributed by atoms with Crippen LogP contribution in [0.25, 0.3) is 0 Å². The molecule has 6 heteroatoms. The molecule has 19 heavy (non-hydrogen) atoms. The predicted octanol–water partition coefficient (Wildman–Crippen LogP) is 2.17. The van der Waals surface area contributed by atoms with E-state index in [0.717, 1.165) is 12.8 Å². The first-order valence-corrected chi connectivity index (χ1v) is 7.34. The molecule has 1 heterocycles. The van der Waals surface area contributed by atoms with E-state index in [-0.39, 0.29) is 23.4 Å². The van der Waals surface area contributed by atoms with Gasteiger partial charge in [0.2, 0.25) is 0 Å². The quantitative estimate of drug-likeness (QED) is 0.810. The van der Waals surface area contributed by atoms with E-state index in [0.29, 0.717) is 10.8 Å². The zero-order valence-electron chi connectivity index (χ0n) is 11.1. The molecule has 0 unspecified atom stereocenters. The van der Waals surface area contributed by atoms with Gasteiger partial charge in [-0.05, 0) is 32.1 Å². The lowest BCUT2D eigenvalue weighted by Gasteiger charge is -2.13. The lowest BCUT2D eigenvalue weighted by molar-refractivity contribution is -0.138. The van der Waals surface area contributed by atoms with Crippen molar-refractivity contribution in [2.45, 2.75) is 44.2 Å². The van der Waals surface area contributed by atoms with Crippen LogP contribution in [0.3, 0.4) is 0 Å². The molecule has 1 aliphatic rings. The second-order valence-corrected chi connectivity index (χ2v) is 6.36. The van der Waals surface area contributed by atoms with Gasteiger partial charge in [-0.25, -0.2) is 4.98 Å². The van der Waals surface area contributed by atoms with E-state index in [1.54, 1.807) is 17.0 Å². The Kier molecular flexibility index (Phi) is 3.99. The molecule has 1 aromatic heterocycles. The molecule has 5 nitrogen and oxygen atoms in total. The molecule has 0 spiro atoms. The molecule has 0 saturated heterocycles. The first kappa shape index (κ1) is 14.1. The normalized spacial score (nSPS) is 16.6. The average molecular weight is 282 g/mol. The minimum atomic E-state index is -0.765. The van der Waals surface area contributed by atoms with Crippen LogP contribution in [-0.2, 0) is 4.79 Å². The molecule has 0 amide bonds. The summed E-state index contributed by atoms with van der Waals surface area (Å²) in [6.45, 7) is 3.89. The monoisotopic (exact) mass is 282 g/mol. The van der Waals surface area contributed by atoms with Crippen LogP contribution in [0.5, 0.6) is 0 Å². The summed E-state index contributed by atoms with van der Waals surface area (Å²) >= 11 is 1.38. The Morgan fingerprint density at radius 2 is 2.26 bits per heavy atom. The first-order chi connectivity index (χ1) is 8.93. The highest BCUT2D eigenvalue weighted by atomic mass is 32.2. The second-order valence-electron chi connectivity index (χ2n) is 5.40. The van der Waals surface area contributed by atoms with E-state index in [9.17, 15) is 9.59 Å². The summed E-state index contributed by atoms with van der Waals surface area (Å²) in [6.07, 6.45) is 5.35. The molecule has 1 aliphatic carbocycles. The number of carbonyl (C=O) groups is 1. The number of aromatic nitrogens is 2. The van der Waals surface area contributed by atoms with Crippen molar-refractivity contribution in [2.24, 2.45) is 5.41 Å². The highest BCUT2D eigenvalue weighted by Crippen LogP contribution is 2.51. The standard InChI is InChI=1S/C13H18N2O3S/c1-9(2)15-6-5-14-11(12(15)18)19-8-13(3-4-13)7-10(16)17/h5-6,9H,3-4,7-8H2,1-2H3,(H,16,17). The Labute approximate surface area is 116 Å². The van der Waals surface area contributed by atoms with Gasteiger partial charge < -0.3 is 9.67 Å². The Bertz CT molecular complexity index is 535. The molecule has 0 atom stereocenters. The van der Waals surface area contributed by atoms with Gasteiger partial charge in [0.1, 0.15) is 0 Å². The van der Waals surface area contributed by atoms with Gasteiger partial charge in [-0.1, -0.05) is 0 Å². The zero-order valence-corrected chi connectivity index (χ0v) is 11.9. The van der Waals surface area contributed by atoms with Gasteiger partial charge in [-0.3, -0.25) is 9.59 Å². The van der Waals surface area contributed by atoms with E-state index in [4.69, 9.17) is 5.11 Å². The van der Waals surface area contributed by atoms with E-state index in [1.807, 2.05) is 13.8 Å². The van der Waals surface area contributed by atoms with Crippen LogP contribution >= 0.6 is 11.8 Å². The van der Waals surface area contributed by atoms with Crippen LogP contribution in [0, 0.1) is 5.41 Å². The number of rotatable bonds is 6. The predicted molar refractivity (Wildman–Crippen MR) is 73.5 cm³/mol. The summed E-state index contributed by atoms with van der Waals surface area (Å²) in [7, 11) is 0. The van der Waals surface area contributed by atoms with Gasteiger partial charge in [-0.2, -0.15) is 0 Å². The van der Waals surface area contributed by atoms with Gasteiger partial charge in [0.25, 0.3) is 5.56 Å². The number of aliphatic carboxylic acids is 1. The molecular formula is C13H18N2O3S. The minimum absolute atomic E-state index is 0.0892. The molecular weight excluding hydrogens is 264 g/mol. The van der Waals surface area contributed by atoms with E-state index >= 15 is 0 Å². The molecule has 1 aromatic rings. The molecule has 104 valence electrons. The number of hydrogen-bond acceptors (Lipinski definition) is 4. The fourth-order valence-corrected chi connectivity index (χ4v) is 3.20. The van der Waals surface area contributed by atoms with E-state index < -0.39 is 5.97 Å². The van der Waals surface area contributed by atoms with Crippen molar-refractivity contribution < 1.29 is 9.90 Å². The summed E-state index contributed by atoms with van der Waals surface area (Å²) in [4.78, 5) is 27.0. The van der Waals surface area contributed by atoms with Crippen LogP contribution < -0.4 is 5.56 Å². The van der Waals surface area contributed by atoms with E-state index in [1.165, 1.54) is 11.8 Å². The van der Waals surface area contributed by atoms with Gasteiger partial charge in [0, 0.05) is 24.2 Å². The first-order valence-electron chi connectivity index (χ1n) is 6.35. The second kappa shape index (κ2) is 5.36. The maximum Gasteiger partial charge on any atom is 0.303 e. The fourth-order valence-electron chi connectivity index (χ4n) is 2.00. The van der Waals surface area contributed by atoms with Crippen LogP contribution in [0.15, 0.2) is 22.2 Å². The molecule has 0 aliphatic heterocycles. The Balaban J connectivity index is 2.07. The fraction of sp³-hybridized carbons (Fsp3) is 0.615. The number of nitrogens with zero attached hydrogens (tertiary/aromatic N) is 2. The number of carboxylic acids is 1. The molecule has 0 aromatic carbocycles. The Morgan fingerprint density at radius 1 is 1.58 bits per heavy atom. The number of hydrogen-bond donors (Lipinski definition) is 1. The maximum atomic E-state index is 12.1. The van der Waals surface area contributed by atoms with Crippen LogP contribution in [-0.4, -0.2) is 26.4 Å². The van der Waals surface area contributed by atoms with Crippen molar-refractivity contribution >= 4 is 17.7 Å². The lowest BCUT2D eigenvalue weighted by atomic mass is 10.1. The molecule has 0 bridgehead atoms. The average Bonchev–Trinajstić information content (AvgIpc) is 3.06. The Hall–Kier alpha value is -1.30. The summed E-state index contributed by atoms with van der Waals surface area (Å²) in [5, 5.41) is 9.33. The third kappa shape index (κ3) is 3.37. The highest BCUT2D eigenvalue weighted by molar-refractivity contribution is 7.99. The summed E-state index contributed by atoms with van der Waals surface area (Å²) < 4.78 is 1.64. The van der Waals surface area contributed by atoms with Crippen molar-refractivity contribution in [3.05, 3.63) is 22.7 Å². The minimum Gasteiger partial charge on any atom is -0.481 e. The van der Waals surface area contributed by atoms with Crippen molar-refractivity contribution in [1.82, 2.24) is 9.55 Å². The van der Waals surface area contributed by atoms with Gasteiger partial charge >= 0.3 is 5.97 Å². The summed E-state index contributed by atoms with van der Waals surface area (Å²) in [5.74, 6) is -0.109. The SMILES string of the molecule is CC(C)n1ccnc(SCC2(CC(=O)O)CC2)c1=O. The van der Waals surface area contributed by atoms with Gasteiger partial charge in [0.05, 0.1) is 6.42 Å². The lowest BCUT2D eigenvalue weighted by Crippen LogP contribution is -2.24. The van der Waals surface area contributed by atoms with Gasteiger partial charge in [0.15, 0.2) is 5.03 Å². The van der Waals surface area contributed by atoms with Crippen molar-refractivity contribution in [3.63, 3.8) is 0 Å². The van der Waals surface area contributed by atoms with Crippen LogP contribution in [0.1, 0.15) is 39.2 Å². The molecule has 1 N–H and O–H groups in total. The highest BCUT2D eigenvalue weighted by Gasteiger charge is 2.44. The van der Waals surface area contributed by atoms with Gasteiger partial charge in [-0.15, -0.1) is 11.8 Å². The third-order valence-corrected chi connectivity index (χ3v) is 4.70. The third-order valence-electron chi connectivity index (χ3n) is 3.39. The summed E-state index contributed by atoms with van der Waals surface area (Å²) in [6, 6.07) is 0.101. The smallest absolute Gasteiger partial charge is 0.303 e. The molecule has 1 saturated carbocycles. The summed E-state index contributed by atoms with van der Waals surface area (Å²) in [5.41, 5.74) is -0.211.